The molecule has 1 aromatic carbocycles. The maximum absolute atomic E-state index is 11.8. The van der Waals surface area contributed by atoms with E-state index in [4.69, 9.17) is 11.6 Å². The Bertz CT molecular complexity index is 617. The fourth-order valence-corrected chi connectivity index (χ4v) is 1.75. The molecule has 0 atom stereocenters. The first kappa shape index (κ1) is 14.0. The van der Waals surface area contributed by atoms with Crippen molar-refractivity contribution in [2.24, 2.45) is 0 Å². The van der Waals surface area contributed by atoms with Crippen LogP contribution in [0.3, 0.4) is 0 Å². The lowest BCUT2D eigenvalue weighted by Crippen LogP contribution is -2.39. The van der Waals surface area contributed by atoms with Crippen molar-refractivity contribution in [2.45, 2.75) is 6.54 Å². The van der Waals surface area contributed by atoms with Crippen molar-refractivity contribution in [1.29, 1.82) is 0 Å². The molecule has 2 N–H and O–H groups in total. The van der Waals surface area contributed by atoms with Crippen molar-refractivity contribution in [1.82, 2.24) is 15.6 Å². The lowest BCUT2D eigenvalue weighted by atomic mass is 10.2. The van der Waals surface area contributed by atoms with Gasteiger partial charge >= 0.3 is 6.03 Å². The third-order valence-electron chi connectivity index (χ3n) is 2.53. The molecule has 0 aliphatic carbocycles. The predicted molar refractivity (Wildman–Crippen MR) is 75.4 cm³/mol. The predicted octanol–water partition coefficient (Wildman–Crippen LogP) is 2.37. The summed E-state index contributed by atoms with van der Waals surface area (Å²) in [6.07, 6.45) is 1.47. The van der Waals surface area contributed by atoms with Crippen molar-refractivity contribution in [2.75, 3.05) is 0 Å². The van der Waals surface area contributed by atoms with E-state index >= 15 is 0 Å². The molecule has 0 unspecified atom stereocenters. The maximum atomic E-state index is 11.8. The number of aromatic nitrogens is 1. The van der Waals surface area contributed by atoms with E-state index in [0.29, 0.717) is 6.54 Å². The molecule has 20 heavy (non-hydrogen) atoms. The highest BCUT2D eigenvalue weighted by atomic mass is 35.5. The van der Waals surface area contributed by atoms with E-state index in [1.54, 1.807) is 6.07 Å². The van der Waals surface area contributed by atoms with E-state index in [1.165, 1.54) is 12.3 Å². The summed E-state index contributed by atoms with van der Waals surface area (Å²) in [5.41, 5.74) is 1.10. The number of pyridine rings is 1. The van der Waals surface area contributed by atoms with Gasteiger partial charge in [0, 0.05) is 12.7 Å². The number of hydrogen-bond donors (Lipinski definition) is 2. The van der Waals surface area contributed by atoms with E-state index in [9.17, 15) is 9.59 Å². The fraction of sp³-hybridized carbons (Fsp3) is 0.0714. The van der Waals surface area contributed by atoms with Gasteiger partial charge in [-0.05, 0) is 17.7 Å². The van der Waals surface area contributed by atoms with Gasteiger partial charge in [-0.15, -0.1) is 0 Å². The SMILES string of the molecule is O=C(NCc1ccccc1)NC(=O)c1cccnc1Cl. The summed E-state index contributed by atoms with van der Waals surface area (Å²) in [6.45, 7) is 0.334. The lowest BCUT2D eigenvalue weighted by molar-refractivity contribution is 0.0963. The van der Waals surface area contributed by atoms with Gasteiger partial charge in [0.05, 0.1) is 5.56 Å². The van der Waals surface area contributed by atoms with Crippen LogP contribution in [0, 0.1) is 0 Å². The second-order valence-electron chi connectivity index (χ2n) is 3.96. The van der Waals surface area contributed by atoms with Crippen molar-refractivity contribution >= 4 is 23.5 Å². The lowest BCUT2D eigenvalue weighted by Gasteiger charge is -2.07. The number of nitrogens with zero attached hydrogens (tertiary/aromatic N) is 1. The van der Waals surface area contributed by atoms with Crippen LogP contribution in [0.1, 0.15) is 15.9 Å². The standard InChI is InChI=1S/C14H12ClN3O2/c15-12-11(7-4-8-16-12)13(19)18-14(20)17-9-10-5-2-1-3-6-10/h1-8H,9H2,(H2,17,18,19,20). The van der Waals surface area contributed by atoms with Crippen LogP contribution in [-0.2, 0) is 6.54 Å². The second kappa shape index (κ2) is 6.68. The molecular formula is C14H12ClN3O2. The highest BCUT2D eigenvalue weighted by molar-refractivity contribution is 6.33. The third kappa shape index (κ3) is 3.80. The normalized spacial score (nSPS) is 9.85. The molecule has 5 nitrogen and oxygen atoms in total. The van der Waals surface area contributed by atoms with E-state index in [2.05, 4.69) is 15.6 Å². The van der Waals surface area contributed by atoms with Crippen LogP contribution >= 0.6 is 11.6 Å². The van der Waals surface area contributed by atoms with Crippen LogP contribution in [-0.4, -0.2) is 16.9 Å². The van der Waals surface area contributed by atoms with Gasteiger partial charge in [-0.25, -0.2) is 9.78 Å². The summed E-state index contributed by atoms with van der Waals surface area (Å²) in [7, 11) is 0. The Hall–Kier alpha value is -2.40. The molecule has 0 fully saturated rings. The smallest absolute Gasteiger partial charge is 0.321 e. The minimum atomic E-state index is -0.589. The Morgan fingerprint density at radius 3 is 2.55 bits per heavy atom. The zero-order valence-corrected chi connectivity index (χ0v) is 11.2. The van der Waals surface area contributed by atoms with Crippen LogP contribution in [0.2, 0.25) is 5.15 Å². The molecule has 0 aliphatic heterocycles. The highest BCUT2D eigenvalue weighted by Gasteiger charge is 2.13. The van der Waals surface area contributed by atoms with Gasteiger partial charge in [-0.3, -0.25) is 10.1 Å². The molecule has 0 bridgehead atoms. The summed E-state index contributed by atoms with van der Waals surface area (Å²) in [4.78, 5) is 27.2. The van der Waals surface area contributed by atoms with Crippen molar-refractivity contribution in [3.63, 3.8) is 0 Å². The number of halogens is 1. The van der Waals surface area contributed by atoms with E-state index in [0.717, 1.165) is 5.56 Å². The van der Waals surface area contributed by atoms with Crippen LogP contribution in [0.4, 0.5) is 4.79 Å². The number of hydrogen-bond acceptors (Lipinski definition) is 3. The van der Waals surface area contributed by atoms with Crippen molar-refractivity contribution < 1.29 is 9.59 Å². The summed E-state index contributed by atoms with van der Waals surface area (Å²) in [6, 6.07) is 11.9. The first-order chi connectivity index (χ1) is 9.66. The van der Waals surface area contributed by atoms with Gasteiger partial charge in [0.2, 0.25) is 0 Å². The van der Waals surface area contributed by atoms with E-state index in [1.807, 2.05) is 30.3 Å². The summed E-state index contributed by atoms with van der Waals surface area (Å²) < 4.78 is 0. The van der Waals surface area contributed by atoms with Crippen LogP contribution < -0.4 is 10.6 Å². The Morgan fingerprint density at radius 2 is 1.85 bits per heavy atom. The van der Waals surface area contributed by atoms with Gasteiger partial charge in [-0.2, -0.15) is 0 Å². The van der Waals surface area contributed by atoms with Gasteiger partial charge in [0.1, 0.15) is 5.15 Å². The number of urea groups is 1. The Balaban J connectivity index is 1.89. The Morgan fingerprint density at radius 1 is 1.10 bits per heavy atom. The fourth-order valence-electron chi connectivity index (χ4n) is 1.55. The van der Waals surface area contributed by atoms with Gasteiger partial charge in [0.25, 0.3) is 5.91 Å². The van der Waals surface area contributed by atoms with Gasteiger partial charge < -0.3 is 5.32 Å². The molecule has 2 aromatic rings. The zero-order chi connectivity index (χ0) is 14.4. The van der Waals surface area contributed by atoms with Crippen LogP contribution in [0.25, 0.3) is 0 Å². The molecule has 0 saturated heterocycles. The Labute approximate surface area is 121 Å². The van der Waals surface area contributed by atoms with Crippen molar-refractivity contribution in [3.05, 3.63) is 64.9 Å². The molecule has 0 spiro atoms. The monoisotopic (exact) mass is 289 g/mol. The molecule has 3 amide bonds. The summed E-state index contributed by atoms with van der Waals surface area (Å²) in [5, 5.41) is 4.83. The Kier molecular flexibility index (Phi) is 4.68. The summed E-state index contributed by atoms with van der Waals surface area (Å²) in [5.74, 6) is -0.589. The maximum Gasteiger partial charge on any atom is 0.321 e. The number of amides is 3. The van der Waals surface area contributed by atoms with E-state index < -0.39 is 11.9 Å². The minimum Gasteiger partial charge on any atom is -0.334 e. The first-order valence-corrected chi connectivity index (χ1v) is 6.28. The number of rotatable bonds is 3. The third-order valence-corrected chi connectivity index (χ3v) is 2.83. The molecule has 1 aromatic heterocycles. The molecule has 2 rings (SSSR count). The quantitative estimate of drug-likeness (QED) is 0.852. The van der Waals surface area contributed by atoms with Gasteiger partial charge in [0.15, 0.2) is 0 Å². The molecule has 0 saturated carbocycles. The van der Waals surface area contributed by atoms with Crippen LogP contribution in [0.15, 0.2) is 48.7 Å². The number of nitrogens with one attached hydrogen (secondary N) is 2. The second-order valence-corrected chi connectivity index (χ2v) is 4.32. The van der Waals surface area contributed by atoms with Crippen LogP contribution in [0.5, 0.6) is 0 Å². The summed E-state index contributed by atoms with van der Waals surface area (Å²) >= 11 is 5.77. The zero-order valence-electron chi connectivity index (χ0n) is 10.5. The average molecular weight is 290 g/mol. The molecule has 102 valence electrons. The number of carbonyl (C=O) groups excluding carboxylic acids is 2. The number of imide groups is 1. The van der Waals surface area contributed by atoms with E-state index in [-0.39, 0.29) is 10.7 Å². The topological polar surface area (TPSA) is 71.1 Å². The molecular weight excluding hydrogens is 278 g/mol. The molecule has 0 aliphatic rings. The van der Waals surface area contributed by atoms with Gasteiger partial charge in [-0.1, -0.05) is 41.9 Å². The minimum absolute atomic E-state index is 0.0564. The molecule has 0 radical (unpaired) electrons. The molecule has 1 heterocycles. The van der Waals surface area contributed by atoms with Crippen molar-refractivity contribution in [3.8, 4) is 0 Å². The first-order valence-electron chi connectivity index (χ1n) is 5.90. The number of carbonyl (C=O) groups is 2. The average Bonchev–Trinajstić information content (AvgIpc) is 2.46. The molecule has 6 heteroatoms. The number of benzene rings is 1. The highest BCUT2D eigenvalue weighted by Crippen LogP contribution is 2.10. The largest absolute Gasteiger partial charge is 0.334 e.